The van der Waals surface area contributed by atoms with Crippen LogP contribution in [0.25, 0.3) is 16.0 Å². The van der Waals surface area contributed by atoms with E-state index >= 15 is 0 Å². The number of thiophene rings is 1. The van der Waals surface area contributed by atoms with Crippen molar-refractivity contribution in [2.75, 3.05) is 0 Å². The van der Waals surface area contributed by atoms with Gasteiger partial charge in [0.05, 0.1) is 5.52 Å². The zero-order chi connectivity index (χ0) is 17.8. The van der Waals surface area contributed by atoms with Gasteiger partial charge < -0.3 is 4.74 Å². The van der Waals surface area contributed by atoms with Gasteiger partial charge in [-0.2, -0.15) is 4.98 Å². The molecule has 0 radical (unpaired) electrons. The van der Waals surface area contributed by atoms with Gasteiger partial charge in [0.2, 0.25) is 5.78 Å². The first-order valence-corrected chi connectivity index (χ1v) is 8.51. The van der Waals surface area contributed by atoms with Crippen LogP contribution in [-0.2, 0) is 19.1 Å². The summed E-state index contributed by atoms with van der Waals surface area (Å²) in [6.45, 7) is 6.06. The van der Waals surface area contributed by atoms with Crippen LogP contribution in [0.2, 0.25) is 0 Å². The highest BCUT2D eigenvalue weighted by Crippen LogP contribution is 2.22. The Morgan fingerprint density at radius 1 is 1.32 bits per heavy atom. The number of nitrogens with zero attached hydrogens (tertiary/aromatic N) is 6. The lowest BCUT2D eigenvalue weighted by molar-refractivity contribution is 0.189. The maximum absolute atomic E-state index is 12.3. The molecule has 0 fully saturated rings. The molecule has 0 spiro atoms. The summed E-state index contributed by atoms with van der Waals surface area (Å²) < 4.78 is 14.6. The van der Waals surface area contributed by atoms with Gasteiger partial charge in [-0.15, -0.1) is 21.5 Å². The topological polar surface area (TPSA) is 100 Å². The van der Waals surface area contributed by atoms with Gasteiger partial charge in [-0.3, -0.25) is 18.3 Å². The van der Waals surface area contributed by atoms with Crippen LogP contribution in [0.15, 0.2) is 20.8 Å². The third-order valence-electron chi connectivity index (χ3n) is 3.80. The highest BCUT2D eigenvalue weighted by Gasteiger charge is 2.22. The third-order valence-corrected chi connectivity index (χ3v) is 4.69. The molecule has 130 valence electrons. The maximum Gasteiger partial charge on any atom is 0.417 e. The second kappa shape index (κ2) is 5.38. The van der Waals surface area contributed by atoms with Gasteiger partial charge in [0.15, 0.2) is 18.3 Å². The first-order valence-electron chi connectivity index (χ1n) is 7.63. The molecule has 10 heteroatoms. The van der Waals surface area contributed by atoms with E-state index in [-0.39, 0.29) is 23.7 Å². The molecule has 9 nitrogen and oxygen atoms in total. The molecule has 0 saturated carbocycles. The quantitative estimate of drug-likeness (QED) is 0.550. The minimum absolute atomic E-state index is 0.0769. The highest BCUT2D eigenvalue weighted by molar-refractivity contribution is 7.17. The molecule has 25 heavy (non-hydrogen) atoms. The fourth-order valence-electron chi connectivity index (χ4n) is 2.45. The number of rotatable bonds is 3. The van der Waals surface area contributed by atoms with Crippen LogP contribution in [0, 0.1) is 0 Å². The molecule has 4 rings (SSSR count). The maximum atomic E-state index is 12.3. The summed E-state index contributed by atoms with van der Waals surface area (Å²) in [5.41, 5.74) is 0.435. The minimum atomic E-state index is -0.228. The van der Waals surface area contributed by atoms with Gasteiger partial charge in [-0.25, -0.2) is 0 Å². The molecule has 0 unspecified atom stereocenters. The molecule has 0 atom stereocenters. The van der Waals surface area contributed by atoms with Crippen LogP contribution < -0.4 is 10.3 Å². The number of aryl methyl sites for hydroxylation is 1. The fourth-order valence-corrected chi connectivity index (χ4v) is 3.30. The molecule has 4 heterocycles. The molecule has 4 aromatic heterocycles. The van der Waals surface area contributed by atoms with Gasteiger partial charge in [0.1, 0.15) is 4.70 Å². The summed E-state index contributed by atoms with van der Waals surface area (Å²) in [4.78, 5) is 16.6. The zero-order valence-electron chi connectivity index (χ0n) is 14.2. The summed E-state index contributed by atoms with van der Waals surface area (Å²) in [6, 6.07) is 1.87. The standard InChI is InChI=1S/C15H16N6O3S/c1-15(2,3)12-16-14(24-19-12)23-7-9-17-18-13-20(4)11(22)10-8(21(9)13)5-6-25-10/h5-6H,7H2,1-4H3. The third kappa shape index (κ3) is 2.49. The van der Waals surface area contributed by atoms with Crippen molar-refractivity contribution in [3.8, 4) is 6.08 Å². The van der Waals surface area contributed by atoms with E-state index in [4.69, 9.17) is 9.26 Å². The Kier molecular flexibility index (Phi) is 3.39. The first kappa shape index (κ1) is 15.8. The molecular formula is C15H16N6O3S. The number of ether oxygens (including phenoxy) is 1. The van der Waals surface area contributed by atoms with E-state index in [0.717, 1.165) is 5.52 Å². The van der Waals surface area contributed by atoms with E-state index < -0.39 is 0 Å². The second-order valence-electron chi connectivity index (χ2n) is 6.67. The van der Waals surface area contributed by atoms with E-state index in [1.165, 1.54) is 15.9 Å². The van der Waals surface area contributed by atoms with Crippen molar-refractivity contribution in [1.29, 1.82) is 0 Å². The average molecular weight is 360 g/mol. The van der Waals surface area contributed by atoms with E-state index in [0.29, 0.717) is 22.1 Å². The average Bonchev–Trinajstić information content (AvgIpc) is 3.26. The predicted molar refractivity (Wildman–Crippen MR) is 90.9 cm³/mol. The smallest absolute Gasteiger partial charge is 0.417 e. The van der Waals surface area contributed by atoms with Crippen molar-refractivity contribution in [1.82, 2.24) is 29.3 Å². The van der Waals surface area contributed by atoms with Crippen molar-refractivity contribution >= 4 is 27.3 Å². The van der Waals surface area contributed by atoms with E-state index in [1.807, 2.05) is 32.2 Å². The number of fused-ring (bicyclic) bond motifs is 3. The number of aromatic nitrogens is 6. The van der Waals surface area contributed by atoms with Crippen molar-refractivity contribution < 1.29 is 9.26 Å². The molecule has 0 aliphatic rings. The molecule has 0 aromatic carbocycles. The van der Waals surface area contributed by atoms with Crippen LogP contribution in [-0.4, -0.2) is 29.3 Å². The number of hydrogen-bond donors (Lipinski definition) is 0. The fraction of sp³-hybridized carbons (Fsp3) is 0.400. The Morgan fingerprint density at radius 3 is 2.84 bits per heavy atom. The Bertz CT molecular complexity index is 1130. The molecule has 0 aliphatic carbocycles. The van der Waals surface area contributed by atoms with Gasteiger partial charge in [0, 0.05) is 12.5 Å². The van der Waals surface area contributed by atoms with Crippen LogP contribution >= 0.6 is 11.3 Å². The van der Waals surface area contributed by atoms with Gasteiger partial charge in [-0.05, 0) is 11.4 Å². The zero-order valence-corrected chi connectivity index (χ0v) is 15.0. The molecule has 0 saturated heterocycles. The molecule has 0 N–H and O–H groups in total. The normalized spacial score (nSPS) is 12.3. The SMILES string of the molecule is Cn1c(=O)c2sccc2n2c(COc3nc(C(C)(C)C)no3)nnc12. The minimum Gasteiger partial charge on any atom is -0.441 e. The lowest BCUT2D eigenvalue weighted by atomic mass is 9.96. The molecule has 0 bridgehead atoms. The monoisotopic (exact) mass is 360 g/mol. The molecule has 4 aromatic rings. The van der Waals surface area contributed by atoms with Gasteiger partial charge in [-0.1, -0.05) is 25.9 Å². The largest absolute Gasteiger partial charge is 0.441 e. The Hall–Kier alpha value is -2.75. The lowest BCUT2D eigenvalue weighted by Gasteiger charge is -2.10. The second-order valence-corrected chi connectivity index (χ2v) is 7.59. The number of hydrogen-bond acceptors (Lipinski definition) is 8. The summed E-state index contributed by atoms with van der Waals surface area (Å²) in [5.74, 6) is 1.57. The Balaban J connectivity index is 1.71. The molecule has 0 amide bonds. The van der Waals surface area contributed by atoms with Crippen LogP contribution in [0.4, 0.5) is 0 Å². The summed E-state index contributed by atoms with van der Waals surface area (Å²) in [6.07, 6.45) is 0.0769. The van der Waals surface area contributed by atoms with Crippen molar-refractivity contribution in [3.63, 3.8) is 0 Å². The summed E-state index contributed by atoms with van der Waals surface area (Å²) in [5, 5.41) is 14.0. The van der Waals surface area contributed by atoms with Crippen molar-refractivity contribution in [2.24, 2.45) is 7.05 Å². The first-order chi connectivity index (χ1) is 11.9. The van der Waals surface area contributed by atoms with E-state index in [2.05, 4.69) is 20.3 Å². The Morgan fingerprint density at radius 2 is 2.12 bits per heavy atom. The predicted octanol–water partition coefficient (Wildman–Crippen LogP) is 1.90. The van der Waals surface area contributed by atoms with E-state index in [1.54, 1.807) is 11.4 Å². The van der Waals surface area contributed by atoms with Crippen molar-refractivity contribution in [3.05, 3.63) is 33.4 Å². The Labute approximate surface area is 145 Å². The van der Waals surface area contributed by atoms with Crippen LogP contribution in [0.1, 0.15) is 32.4 Å². The van der Waals surface area contributed by atoms with Crippen LogP contribution in [0.5, 0.6) is 6.08 Å². The summed E-state index contributed by atoms with van der Waals surface area (Å²) in [7, 11) is 1.67. The molecule has 0 aliphatic heterocycles. The highest BCUT2D eigenvalue weighted by atomic mass is 32.1. The lowest BCUT2D eigenvalue weighted by Crippen LogP contribution is -2.19. The van der Waals surface area contributed by atoms with Crippen molar-refractivity contribution in [2.45, 2.75) is 32.8 Å². The van der Waals surface area contributed by atoms with Gasteiger partial charge in [0.25, 0.3) is 5.56 Å². The van der Waals surface area contributed by atoms with E-state index in [9.17, 15) is 4.79 Å². The summed E-state index contributed by atoms with van der Waals surface area (Å²) >= 11 is 1.38. The van der Waals surface area contributed by atoms with Crippen LogP contribution in [0.3, 0.4) is 0 Å². The molecular weight excluding hydrogens is 344 g/mol. The van der Waals surface area contributed by atoms with Gasteiger partial charge >= 0.3 is 6.08 Å².